The van der Waals surface area contributed by atoms with Crippen LogP contribution in [0.5, 0.6) is 0 Å². The van der Waals surface area contributed by atoms with E-state index in [9.17, 15) is 0 Å². The molecule has 1 aromatic rings. The lowest BCUT2D eigenvalue weighted by molar-refractivity contribution is 0.114. The quantitative estimate of drug-likeness (QED) is 0.762. The van der Waals surface area contributed by atoms with E-state index in [1.807, 2.05) is 31.2 Å². The molecule has 0 radical (unpaired) electrons. The molecule has 0 fully saturated rings. The van der Waals surface area contributed by atoms with Gasteiger partial charge in [-0.05, 0) is 11.6 Å². The Labute approximate surface area is 103 Å². The molecular weight excluding hydrogens is 244 g/mol. The van der Waals surface area contributed by atoms with Crippen LogP contribution in [0.25, 0.3) is 0 Å². The fourth-order valence-electron chi connectivity index (χ4n) is 1.80. The minimum atomic E-state index is -2.68. The van der Waals surface area contributed by atoms with E-state index >= 15 is 0 Å². The van der Waals surface area contributed by atoms with Gasteiger partial charge in [-0.1, -0.05) is 36.7 Å². The molecule has 0 saturated carbocycles. The van der Waals surface area contributed by atoms with Crippen LogP contribution in [-0.2, 0) is 13.3 Å². The predicted octanol–water partition coefficient (Wildman–Crippen LogP) is 2.86. The van der Waals surface area contributed by atoms with Crippen molar-refractivity contribution in [2.75, 3.05) is 21.3 Å². The molecule has 3 nitrogen and oxygen atoms in total. The first-order valence-electron chi connectivity index (χ1n) is 5.01. The third-order valence-electron chi connectivity index (χ3n) is 2.76. The van der Waals surface area contributed by atoms with Gasteiger partial charge in [-0.25, -0.2) is 0 Å². The van der Waals surface area contributed by atoms with Crippen LogP contribution in [0.4, 0.5) is 0 Å². The highest BCUT2D eigenvalue weighted by molar-refractivity contribution is 6.62. The summed E-state index contributed by atoms with van der Waals surface area (Å²) in [6.07, 6.45) is 0. The van der Waals surface area contributed by atoms with Crippen molar-refractivity contribution in [3.05, 3.63) is 34.9 Å². The topological polar surface area (TPSA) is 27.7 Å². The zero-order valence-corrected chi connectivity index (χ0v) is 11.7. The zero-order valence-electron chi connectivity index (χ0n) is 9.99. The van der Waals surface area contributed by atoms with Gasteiger partial charge in [-0.3, -0.25) is 0 Å². The third kappa shape index (κ3) is 2.47. The molecule has 0 aliphatic heterocycles. The summed E-state index contributed by atoms with van der Waals surface area (Å²) in [7, 11) is 2.13. The largest absolute Gasteiger partial charge is 0.507 e. The van der Waals surface area contributed by atoms with Crippen LogP contribution in [0.2, 0.25) is 5.02 Å². The maximum Gasteiger partial charge on any atom is 0.507 e. The first-order valence-corrected chi connectivity index (χ1v) is 7.19. The number of hydrogen-bond donors (Lipinski definition) is 0. The van der Waals surface area contributed by atoms with E-state index in [0.717, 1.165) is 5.56 Å². The summed E-state index contributed by atoms with van der Waals surface area (Å²) in [6, 6.07) is 7.66. The van der Waals surface area contributed by atoms with Crippen LogP contribution in [0, 0.1) is 0 Å². The number of hydrogen-bond acceptors (Lipinski definition) is 3. The minimum absolute atomic E-state index is 0.00111. The predicted molar refractivity (Wildman–Crippen MR) is 66.6 cm³/mol. The average molecular weight is 261 g/mol. The molecule has 0 amide bonds. The van der Waals surface area contributed by atoms with Gasteiger partial charge < -0.3 is 13.3 Å². The molecule has 5 heteroatoms. The molecule has 1 rings (SSSR count). The monoisotopic (exact) mass is 260 g/mol. The van der Waals surface area contributed by atoms with Crippen molar-refractivity contribution in [1.82, 2.24) is 0 Å². The Kier molecular flexibility index (Phi) is 4.95. The van der Waals surface area contributed by atoms with Gasteiger partial charge in [0.25, 0.3) is 0 Å². The van der Waals surface area contributed by atoms with Crippen LogP contribution < -0.4 is 0 Å². The van der Waals surface area contributed by atoms with E-state index in [-0.39, 0.29) is 5.54 Å². The van der Waals surface area contributed by atoms with Crippen molar-refractivity contribution in [2.45, 2.75) is 12.5 Å². The fraction of sp³-hybridized carbons (Fsp3) is 0.455. The first kappa shape index (κ1) is 13.7. The van der Waals surface area contributed by atoms with E-state index in [4.69, 9.17) is 24.9 Å². The van der Waals surface area contributed by atoms with Gasteiger partial charge in [0.2, 0.25) is 0 Å². The summed E-state index contributed by atoms with van der Waals surface area (Å²) in [5.74, 6) is 0. The lowest BCUT2D eigenvalue weighted by Crippen LogP contribution is -2.48. The summed E-state index contributed by atoms with van der Waals surface area (Å²) < 4.78 is 16.3. The smallest absolute Gasteiger partial charge is 0.376 e. The molecule has 0 aliphatic carbocycles. The molecule has 0 heterocycles. The Morgan fingerprint density at radius 1 is 1.06 bits per heavy atom. The number of halogens is 1. The third-order valence-corrected chi connectivity index (χ3v) is 6.18. The van der Waals surface area contributed by atoms with Gasteiger partial charge in [0.15, 0.2) is 0 Å². The van der Waals surface area contributed by atoms with Crippen molar-refractivity contribution < 1.29 is 13.3 Å². The molecule has 16 heavy (non-hydrogen) atoms. The molecule has 0 spiro atoms. The van der Waals surface area contributed by atoms with Crippen LogP contribution in [0.3, 0.4) is 0 Å². The highest BCUT2D eigenvalue weighted by atomic mass is 35.5. The maximum absolute atomic E-state index is 6.15. The van der Waals surface area contributed by atoms with Gasteiger partial charge in [0, 0.05) is 26.4 Å². The highest BCUT2D eigenvalue weighted by Gasteiger charge is 2.46. The lowest BCUT2D eigenvalue weighted by Gasteiger charge is -2.30. The first-order chi connectivity index (χ1) is 7.61. The van der Waals surface area contributed by atoms with Crippen molar-refractivity contribution in [2.24, 2.45) is 0 Å². The highest BCUT2D eigenvalue weighted by Crippen LogP contribution is 2.32. The van der Waals surface area contributed by atoms with Crippen molar-refractivity contribution in [3.8, 4) is 0 Å². The second-order valence-electron chi connectivity index (χ2n) is 3.46. The van der Waals surface area contributed by atoms with Gasteiger partial charge in [0.1, 0.15) is 0 Å². The van der Waals surface area contributed by atoms with E-state index < -0.39 is 8.80 Å². The van der Waals surface area contributed by atoms with Gasteiger partial charge in [-0.2, -0.15) is 0 Å². The summed E-state index contributed by atoms with van der Waals surface area (Å²) in [5, 5.41) is 0.707. The van der Waals surface area contributed by atoms with E-state index in [0.29, 0.717) is 5.02 Å². The number of benzene rings is 1. The molecule has 0 aliphatic rings. The maximum atomic E-state index is 6.15. The van der Waals surface area contributed by atoms with Gasteiger partial charge >= 0.3 is 8.80 Å². The molecule has 0 N–H and O–H groups in total. The Morgan fingerprint density at radius 2 is 1.56 bits per heavy atom. The zero-order chi connectivity index (χ0) is 12.2. The molecule has 1 aromatic carbocycles. The normalized spacial score (nSPS) is 13.8. The molecule has 90 valence electrons. The number of rotatable bonds is 5. The standard InChI is InChI=1S/C11H17ClO3Si/c1-9(16(13-2,14-3)15-4)10-7-5-6-8-11(10)12/h5-9H,1-4H3. The average Bonchev–Trinajstić information content (AvgIpc) is 2.32. The Bertz CT molecular complexity index is 333. The Morgan fingerprint density at radius 3 is 2.00 bits per heavy atom. The molecule has 1 unspecified atom stereocenters. The van der Waals surface area contributed by atoms with Crippen LogP contribution >= 0.6 is 11.6 Å². The van der Waals surface area contributed by atoms with Crippen LogP contribution in [-0.4, -0.2) is 30.1 Å². The molecule has 1 atom stereocenters. The van der Waals surface area contributed by atoms with E-state index in [1.165, 1.54) is 0 Å². The fourth-order valence-corrected chi connectivity index (χ4v) is 4.38. The molecular formula is C11H17ClO3Si. The molecule has 0 aromatic heterocycles. The van der Waals surface area contributed by atoms with Crippen LogP contribution in [0.1, 0.15) is 18.0 Å². The molecule has 0 bridgehead atoms. The SMILES string of the molecule is CO[Si](OC)(OC)C(C)c1ccccc1Cl. The second-order valence-corrected chi connectivity index (χ2v) is 7.16. The summed E-state index contributed by atoms with van der Waals surface area (Å²) in [5.41, 5.74) is 0.989. The van der Waals surface area contributed by atoms with Crippen LogP contribution in [0.15, 0.2) is 24.3 Å². The Hall–Kier alpha value is -0.393. The van der Waals surface area contributed by atoms with E-state index in [2.05, 4.69) is 0 Å². The Balaban J connectivity index is 3.08. The van der Waals surface area contributed by atoms with Gasteiger partial charge in [0.05, 0.1) is 5.54 Å². The molecule has 0 saturated heterocycles. The summed E-state index contributed by atoms with van der Waals surface area (Å²) in [4.78, 5) is 0. The minimum Gasteiger partial charge on any atom is -0.376 e. The van der Waals surface area contributed by atoms with E-state index in [1.54, 1.807) is 21.3 Å². The van der Waals surface area contributed by atoms with Crippen molar-refractivity contribution in [3.63, 3.8) is 0 Å². The second kappa shape index (κ2) is 5.79. The lowest BCUT2D eigenvalue weighted by atomic mass is 10.2. The van der Waals surface area contributed by atoms with Crippen molar-refractivity contribution >= 4 is 20.4 Å². The van der Waals surface area contributed by atoms with Gasteiger partial charge in [-0.15, -0.1) is 0 Å². The summed E-state index contributed by atoms with van der Waals surface area (Å²) >= 11 is 6.15. The van der Waals surface area contributed by atoms with Crippen molar-refractivity contribution in [1.29, 1.82) is 0 Å². The summed E-state index contributed by atoms with van der Waals surface area (Å²) in [6.45, 7) is 2.00.